The molecule has 0 saturated heterocycles. The van der Waals surface area contributed by atoms with Crippen molar-refractivity contribution in [2.75, 3.05) is 12.4 Å². The Balaban J connectivity index is 2.59. The molecular weight excluding hydrogens is 331 g/mol. The first-order valence-corrected chi connectivity index (χ1v) is 6.32. The van der Waals surface area contributed by atoms with E-state index in [-0.39, 0.29) is 0 Å². The summed E-state index contributed by atoms with van der Waals surface area (Å²) in [6, 6.07) is 0. The molecule has 6 nitrogen and oxygen atoms in total. The number of hydrogen-bond acceptors (Lipinski definition) is 5. The van der Waals surface area contributed by atoms with E-state index in [1.807, 2.05) is 7.05 Å². The molecule has 0 atom stereocenters. The van der Waals surface area contributed by atoms with Gasteiger partial charge in [-0.2, -0.15) is 5.10 Å². The smallest absolute Gasteiger partial charge is 0.199 e. The third-order valence-corrected chi connectivity index (χ3v) is 3.35. The lowest BCUT2D eigenvalue weighted by molar-refractivity contribution is 0.807. The molecule has 0 amide bonds. The fraction of sp³-hybridized carbons (Fsp3) is 0.400. The predicted molar refractivity (Wildman–Crippen MR) is 73.8 cm³/mol. The van der Waals surface area contributed by atoms with Crippen molar-refractivity contribution in [3.8, 4) is 11.6 Å². The van der Waals surface area contributed by atoms with E-state index in [0.717, 1.165) is 15.1 Å². The molecule has 90 valence electrons. The van der Waals surface area contributed by atoms with Crippen molar-refractivity contribution in [1.29, 1.82) is 0 Å². The number of H-pyrrole nitrogens is 1. The van der Waals surface area contributed by atoms with E-state index < -0.39 is 0 Å². The summed E-state index contributed by atoms with van der Waals surface area (Å²) in [4.78, 5) is 13.0. The van der Waals surface area contributed by atoms with Gasteiger partial charge in [0, 0.05) is 7.05 Å². The second kappa shape index (κ2) is 4.94. The zero-order valence-electron chi connectivity index (χ0n) is 9.82. The summed E-state index contributed by atoms with van der Waals surface area (Å²) in [5.41, 5.74) is 1.01. The summed E-state index contributed by atoms with van der Waals surface area (Å²) in [5.74, 6) is 2.30. The van der Waals surface area contributed by atoms with Crippen LogP contribution >= 0.6 is 22.6 Å². The first kappa shape index (κ1) is 12.2. The Bertz CT molecular complexity index is 508. The van der Waals surface area contributed by atoms with Crippen LogP contribution in [0.5, 0.6) is 0 Å². The number of aromatic amines is 1. The predicted octanol–water partition coefficient (Wildman–Crippen LogP) is 2.03. The lowest BCUT2D eigenvalue weighted by Crippen LogP contribution is -2.07. The van der Waals surface area contributed by atoms with Gasteiger partial charge in [0.1, 0.15) is 12.1 Å². The van der Waals surface area contributed by atoms with Gasteiger partial charge in [0.15, 0.2) is 11.6 Å². The second-order valence-electron chi connectivity index (χ2n) is 3.83. The number of anilines is 1. The molecule has 0 bridgehead atoms. The van der Waals surface area contributed by atoms with Crippen LogP contribution in [-0.4, -0.2) is 32.2 Å². The van der Waals surface area contributed by atoms with Crippen molar-refractivity contribution >= 4 is 28.4 Å². The standard InChI is InChI=1S/C10H13IN6/c1-5(2)7-6(11)8(12-3)16-10(15-7)9-13-4-14-17-9/h4-5H,1-3H3,(H,12,15,16)(H,13,14,17). The van der Waals surface area contributed by atoms with Crippen molar-refractivity contribution in [1.82, 2.24) is 25.1 Å². The van der Waals surface area contributed by atoms with Crippen LogP contribution in [0.2, 0.25) is 0 Å². The number of nitrogens with zero attached hydrogens (tertiary/aromatic N) is 4. The largest absolute Gasteiger partial charge is 0.372 e. The molecular formula is C10H13IN6. The molecule has 0 aromatic carbocycles. The molecule has 0 unspecified atom stereocenters. The second-order valence-corrected chi connectivity index (χ2v) is 4.91. The summed E-state index contributed by atoms with van der Waals surface area (Å²) >= 11 is 2.26. The Labute approximate surface area is 113 Å². The van der Waals surface area contributed by atoms with E-state index in [0.29, 0.717) is 17.6 Å². The average Bonchev–Trinajstić information content (AvgIpc) is 2.82. The maximum absolute atomic E-state index is 4.53. The third-order valence-electron chi connectivity index (χ3n) is 2.29. The summed E-state index contributed by atoms with van der Waals surface area (Å²) in [5, 5.41) is 9.66. The highest BCUT2D eigenvalue weighted by Crippen LogP contribution is 2.26. The molecule has 2 heterocycles. The molecule has 0 aliphatic rings. The van der Waals surface area contributed by atoms with E-state index in [1.54, 1.807) is 0 Å². The zero-order valence-corrected chi connectivity index (χ0v) is 12.0. The highest BCUT2D eigenvalue weighted by Gasteiger charge is 2.16. The van der Waals surface area contributed by atoms with E-state index in [1.165, 1.54) is 6.33 Å². The van der Waals surface area contributed by atoms with E-state index in [9.17, 15) is 0 Å². The Morgan fingerprint density at radius 3 is 2.65 bits per heavy atom. The summed E-state index contributed by atoms with van der Waals surface area (Å²) in [6.45, 7) is 4.21. The van der Waals surface area contributed by atoms with Crippen molar-refractivity contribution in [2.24, 2.45) is 0 Å². The summed E-state index contributed by atoms with van der Waals surface area (Å²) in [7, 11) is 1.85. The number of aromatic nitrogens is 5. The summed E-state index contributed by atoms with van der Waals surface area (Å²) in [6.07, 6.45) is 1.45. The lowest BCUT2D eigenvalue weighted by Gasteiger charge is -2.12. The number of nitrogens with one attached hydrogen (secondary N) is 2. The SMILES string of the molecule is CNc1nc(-c2ncn[nH]2)nc(C(C)C)c1I. The van der Waals surface area contributed by atoms with Crippen LogP contribution in [0, 0.1) is 3.57 Å². The molecule has 0 aliphatic carbocycles. The fourth-order valence-corrected chi connectivity index (χ4v) is 2.57. The van der Waals surface area contributed by atoms with Crippen LogP contribution in [0.1, 0.15) is 25.5 Å². The van der Waals surface area contributed by atoms with Gasteiger partial charge in [-0.1, -0.05) is 13.8 Å². The quantitative estimate of drug-likeness (QED) is 0.833. The number of hydrogen-bond donors (Lipinski definition) is 2. The van der Waals surface area contributed by atoms with Gasteiger partial charge in [0.05, 0.1) is 9.26 Å². The highest BCUT2D eigenvalue weighted by atomic mass is 127. The van der Waals surface area contributed by atoms with Gasteiger partial charge >= 0.3 is 0 Å². The zero-order chi connectivity index (χ0) is 12.4. The Hall–Kier alpha value is -1.25. The highest BCUT2D eigenvalue weighted by molar-refractivity contribution is 14.1. The minimum atomic E-state index is 0.332. The van der Waals surface area contributed by atoms with Crippen LogP contribution in [0.25, 0.3) is 11.6 Å². The van der Waals surface area contributed by atoms with Crippen LogP contribution < -0.4 is 5.32 Å². The molecule has 0 saturated carbocycles. The molecule has 2 rings (SSSR count). The average molecular weight is 344 g/mol. The minimum Gasteiger partial charge on any atom is -0.372 e. The molecule has 2 N–H and O–H groups in total. The molecule has 7 heteroatoms. The van der Waals surface area contributed by atoms with Crippen molar-refractivity contribution < 1.29 is 0 Å². The minimum absolute atomic E-state index is 0.332. The van der Waals surface area contributed by atoms with Crippen LogP contribution in [0.3, 0.4) is 0 Å². The third kappa shape index (κ3) is 2.38. The van der Waals surface area contributed by atoms with Gasteiger partial charge in [-0.15, -0.1) is 0 Å². The molecule has 0 fully saturated rings. The molecule has 0 aliphatic heterocycles. The van der Waals surface area contributed by atoms with Crippen LogP contribution in [-0.2, 0) is 0 Å². The Kier molecular flexibility index (Phi) is 3.55. The maximum Gasteiger partial charge on any atom is 0.199 e. The van der Waals surface area contributed by atoms with Crippen molar-refractivity contribution in [3.63, 3.8) is 0 Å². The lowest BCUT2D eigenvalue weighted by atomic mass is 10.1. The van der Waals surface area contributed by atoms with Gasteiger partial charge in [-0.25, -0.2) is 15.0 Å². The van der Waals surface area contributed by atoms with Gasteiger partial charge in [-0.3, -0.25) is 5.10 Å². The first-order valence-electron chi connectivity index (χ1n) is 5.24. The van der Waals surface area contributed by atoms with E-state index >= 15 is 0 Å². The van der Waals surface area contributed by atoms with Gasteiger partial charge in [0.25, 0.3) is 0 Å². The molecule has 2 aromatic heterocycles. The molecule has 17 heavy (non-hydrogen) atoms. The van der Waals surface area contributed by atoms with Crippen LogP contribution in [0.15, 0.2) is 6.33 Å². The van der Waals surface area contributed by atoms with Crippen LogP contribution in [0.4, 0.5) is 5.82 Å². The number of halogens is 1. The van der Waals surface area contributed by atoms with Gasteiger partial charge in [-0.05, 0) is 28.5 Å². The maximum atomic E-state index is 4.53. The van der Waals surface area contributed by atoms with Crippen molar-refractivity contribution in [3.05, 3.63) is 15.6 Å². The molecule has 0 radical (unpaired) electrons. The topological polar surface area (TPSA) is 79.4 Å². The number of rotatable bonds is 3. The monoisotopic (exact) mass is 344 g/mol. The van der Waals surface area contributed by atoms with E-state index in [2.05, 4.69) is 66.9 Å². The van der Waals surface area contributed by atoms with E-state index in [4.69, 9.17) is 0 Å². The molecule has 2 aromatic rings. The Morgan fingerprint density at radius 2 is 2.12 bits per heavy atom. The fourth-order valence-electron chi connectivity index (χ4n) is 1.43. The normalized spacial score (nSPS) is 10.9. The molecule has 0 spiro atoms. The Morgan fingerprint density at radius 1 is 1.35 bits per heavy atom. The van der Waals surface area contributed by atoms with Gasteiger partial charge in [0.2, 0.25) is 0 Å². The van der Waals surface area contributed by atoms with Gasteiger partial charge < -0.3 is 5.32 Å². The first-order chi connectivity index (χ1) is 8.13. The van der Waals surface area contributed by atoms with Crippen molar-refractivity contribution in [2.45, 2.75) is 19.8 Å². The summed E-state index contributed by atoms with van der Waals surface area (Å²) < 4.78 is 1.04.